The Morgan fingerprint density at radius 1 is 1.10 bits per heavy atom. The van der Waals surface area contributed by atoms with Gasteiger partial charge >= 0.3 is 0 Å². The number of nitro groups is 1. The summed E-state index contributed by atoms with van der Waals surface area (Å²) in [5.41, 5.74) is 6.25. The zero-order valence-corrected chi connectivity index (χ0v) is 18.5. The number of para-hydroxylation sites is 2. The van der Waals surface area contributed by atoms with Gasteiger partial charge in [-0.15, -0.1) is 0 Å². The van der Waals surface area contributed by atoms with Crippen molar-refractivity contribution in [2.24, 2.45) is 33.7 Å². The van der Waals surface area contributed by atoms with Crippen molar-refractivity contribution in [1.82, 2.24) is 0 Å². The lowest BCUT2D eigenvalue weighted by molar-refractivity contribution is -0.384. The third kappa shape index (κ3) is 3.22. The van der Waals surface area contributed by atoms with Gasteiger partial charge in [0.2, 0.25) is 0 Å². The molecule has 0 aromatic heterocycles. The first-order chi connectivity index (χ1) is 14.8. The molecule has 6 heteroatoms. The second-order valence-electron chi connectivity index (χ2n) is 10.6. The molecule has 0 saturated heterocycles. The number of anilines is 1. The fourth-order valence-electron chi connectivity index (χ4n) is 7.49. The number of aliphatic hydroxyl groups is 1. The monoisotopic (exact) mass is 423 g/mol. The second-order valence-corrected chi connectivity index (χ2v) is 10.6. The zero-order chi connectivity index (χ0) is 21.8. The van der Waals surface area contributed by atoms with E-state index in [9.17, 15) is 15.2 Å². The number of hydrazone groups is 1. The molecule has 166 valence electrons. The highest BCUT2D eigenvalue weighted by Crippen LogP contribution is 2.65. The number of fused-ring (bicyclic) bond motifs is 5. The number of rotatable bonds is 3. The minimum atomic E-state index is -0.378. The van der Waals surface area contributed by atoms with Crippen LogP contribution in [-0.4, -0.2) is 21.8 Å². The molecule has 0 heterocycles. The number of allylic oxidation sites excluding steroid dienone is 2. The predicted molar refractivity (Wildman–Crippen MR) is 122 cm³/mol. The summed E-state index contributed by atoms with van der Waals surface area (Å²) in [6.45, 7) is 4.79. The van der Waals surface area contributed by atoms with E-state index in [0.29, 0.717) is 17.5 Å². The summed E-state index contributed by atoms with van der Waals surface area (Å²) in [5.74, 6) is 2.08. The minimum absolute atomic E-state index is 0.0460. The van der Waals surface area contributed by atoms with Crippen LogP contribution in [0.5, 0.6) is 0 Å². The Hall–Kier alpha value is -2.21. The molecule has 0 aliphatic heterocycles. The molecule has 1 aromatic carbocycles. The second kappa shape index (κ2) is 7.44. The van der Waals surface area contributed by atoms with Crippen molar-refractivity contribution < 1.29 is 10.0 Å². The number of aliphatic hydroxyl groups excluding tert-OH is 1. The Morgan fingerprint density at radius 2 is 1.90 bits per heavy atom. The van der Waals surface area contributed by atoms with Crippen molar-refractivity contribution in [1.29, 1.82) is 0 Å². The van der Waals surface area contributed by atoms with Crippen LogP contribution >= 0.6 is 0 Å². The SMILES string of the molecule is CC12CC/C(=N/Nc3ccccc3[N+](=O)[O-])C=C1CCC1C2CCC2(C)C(O)CCC12. The molecular weight excluding hydrogens is 390 g/mol. The van der Waals surface area contributed by atoms with E-state index in [-0.39, 0.29) is 27.5 Å². The summed E-state index contributed by atoms with van der Waals surface area (Å²) in [7, 11) is 0. The van der Waals surface area contributed by atoms with Gasteiger partial charge < -0.3 is 5.11 Å². The first-order valence-electron chi connectivity index (χ1n) is 11.8. The molecule has 6 unspecified atom stereocenters. The highest BCUT2D eigenvalue weighted by atomic mass is 16.6. The maximum atomic E-state index is 11.2. The summed E-state index contributed by atoms with van der Waals surface area (Å²) in [4.78, 5) is 10.9. The summed E-state index contributed by atoms with van der Waals surface area (Å²) in [5, 5.41) is 26.4. The van der Waals surface area contributed by atoms with Gasteiger partial charge in [0.1, 0.15) is 5.69 Å². The van der Waals surface area contributed by atoms with Gasteiger partial charge in [0.15, 0.2) is 0 Å². The van der Waals surface area contributed by atoms with E-state index < -0.39 is 0 Å². The molecule has 4 aliphatic rings. The minimum Gasteiger partial charge on any atom is -0.393 e. The molecule has 4 aliphatic carbocycles. The van der Waals surface area contributed by atoms with Crippen LogP contribution in [-0.2, 0) is 0 Å². The van der Waals surface area contributed by atoms with Crippen molar-refractivity contribution in [2.75, 3.05) is 5.43 Å². The summed E-state index contributed by atoms with van der Waals surface area (Å²) >= 11 is 0. The molecule has 3 fully saturated rings. The van der Waals surface area contributed by atoms with E-state index in [0.717, 1.165) is 43.7 Å². The molecule has 1 aromatic rings. The smallest absolute Gasteiger partial charge is 0.294 e. The summed E-state index contributed by atoms with van der Waals surface area (Å²) in [6, 6.07) is 6.64. The lowest BCUT2D eigenvalue weighted by Gasteiger charge is -2.57. The zero-order valence-electron chi connectivity index (χ0n) is 18.5. The fourth-order valence-corrected chi connectivity index (χ4v) is 7.49. The Balaban J connectivity index is 1.37. The Kier molecular flexibility index (Phi) is 4.96. The maximum absolute atomic E-state index is 11.2. The number of hydrogen-bond donors (Lipinski definition) is 2. The molecule has 0 radical (unpaired) electrons. The summed E-state index contributed by atoms with van der Waals surface area (Å²) < 4.78 is 0. The normalized spacial score (nSPS) is 40.5. The number of nitrogens with zero attached hydrogens (tertiary/aromatic N) is 2. The molecule has 3 saturated carbocycles. The van der Waals surface area contributed by atoms with Crippen molar-refractivity contribution in [3.05, 3.63) is 46.0 Å². The van der Waals surface area contributed by atoms with Crippen LogP contribution < -0.4 is 5.43 Å². The van der Waals surface area contributed by atoms with Gasteiger partial charge in [-0.05, 0) is 92.1 Å². The molecule has 6 nitrogen and oxygen atoms in total. The first kappa shape index (κ1) is 20.7. The molecule has 5 rings (SSSR count). The van der Waals surface area contributed by atoms with E-state index in [4.69, 9.17) is 0 Å². The van der Waals surface area contributed by atoms with Gasteiger partial charge in [-0.2, -0.15) is 5.10 Å². The predicted octanol–water partition coefficient (Wildman–Crippen LogP) is 5.69. The number of nitrogens with one attached hydrogen (secondary N) is 1. The van der Waals surface area contributed by atoms with Crippen LogP contribution in [0.25, 0.3) is 0 Å². The van der Waals surface area contributed by atoms with Gasteiger partial charge in [-0.25, -0.2) is 0 Å². The molecule has 0 bridgehead atoms. The standard InChI is InChI=1S/C25H33N3O3/c1-24-13-11-17(26-27-21-5-3-4-6-22(21)28(30)31)15-16(24)7-8-18-19-9-10-23(29)25(19,2)14-12-20(18)24/h3-6,15,18-20,23,27,29H,7-14H2,1-2H3/b26-17-. The lowest BCUT2D eigenvalue weighted by atomic mass is 9.47. The van der Waals surface area contributed by atoms with Crippen LogP contribution in [0.4, 0.5) is 11.4 Å². The quantitative estimate of drug-likeness (QED) is 0.483. The molecule has 0 amide bonds. The van der Waals surface area contributed by atoms with Gasteiger partial charge in [0, 0.05) is 6.07 Å². The number of nitro benzene ring substituents is 1. The summed E-state index contributed by atoms with van der Waals surface area (Å²) in [6.07, 6.45) is 10.9. The lowest BCUT2D eigenvalue weighted by Crippen LogP contribution is -2.51. The first-order valence-corrected chi connectivity index (χ1v) is 11.8. The van der Waals surface area contributed by atoms with Crippen molar-refractivity contribution in [3.63, 3.8) is 0 Å². The van der Waals surface area contributed by atoms with E-state index in [1.54, 1.807) is 18.2 Å². The van der Waals surface area contributed by atoms with Crippen molar-refractivity contribution in [3.8, 4) is 0 Å². The highest BCUT2D eigenvalue weighted by molar-refractivity contribution is 5.97. The third-order valence-electron chi connectivity index (χ3n) is 9.35. The Labute approximate surface area is 184 Å². The van der Waals surface area contributed by atoms with Crippen LogP contribution in [0.1, 0.15) is 65.2 Å². The average molecular weight is 424 g/mol. The Morgan fingerprint density at radius 3 is 2.71 bits per heavy atom. The third-order valence-corrected chi connectivity index (χ3v) is 9.35. The van der Waals surface area contributed by atoms with E-state index >= 15 is 0 Å². The molecule has 0 spiro atoms. The topological polar surface area (TPSA) is 87.8 Å². The van der Waals surface area contributed by atoms with Gasteiger partial charge in [0.05, 0.1) is 16.7 Å². The van der Waals surface area contributed by atoms with E-state index in [1.807, 2.05) is 0 Å². The average Bonchev–Trinajstić information content (AvgIpc) is 3.07. The molecule has 31 heavy (non-hydrogen) atoms. The van der Waals surface area contributed by atoms with Gasteiger partial charge in [0.25, 0.3) is 5.69 Å². The van der Waals surface area contributed by atoms with E-state index in [2.05, 4.69) is 30.5 Å². The molecule has 2 N–H and O–H groups in total. The van der Waals surface area contributed by atoms with Gasteiger partial charge in [-0.3, -0.25) is 15.5 Å². The van der Waals surface area contributed by atoms with Crippen LogP contribution in [0, 0.1) is 38.7 Å². The van der Waals surface area contributed by atoms with Crippen LogP contribution in [0.3, 0.4) is 0 Å². The van der Waals surface area contributed by atoms with Gasteiger partial charge in [-0.1, -0.05) is 31.6 Å². The molecular formula is C25H33N3O3. The number of hydrogen-bond acceptors (Lipinski definition) is 5. The maximum Gasteiger partial charge on any atom is 0.294 e. The van der Waals surface area contributed by atoms with Crippen molar-refractivity contribution >= 4 is 17.1 Å². The Bertz CT molecular complexity index is 957. The van der Waals surface area contributed by atoms with Crippen LogP contribution in [0.15, 0.2) is 41.0 Å². The molecule has 6 atom stereocenters. The highest BCUT2D eigenvalue weighted by Gasteiger charge is 2.58. The fraction of sp³-hybridized carbons (Fsp3) is 0.640. The van der Waals surface area contributed by atoms with Crippen molar-refractivity contribution in [2.45, 2.75) is 71.3 Å². The van der Waals surface area contributed by atoms with Crippen LogP contribution in [0.2, 0.25) is 0 Å². The van der Waals surface area contributed by atoms with E-state index in [1.165, 1.54) is 30.9 Å². The largest absolute Gasteiger partial charge is 0.393 e. The number of benzene rings is 1.